The lowest BCUT2D eigenvalue weighted by Crippen LogP contribution is -1.95. The Labute approximate surface area is 110 Å². The second-order valence-electron chi connectivity index (χ2n) is 4.06. The van der Waals surface area contributed by atoms with Gasteiger partial charge in [-0.25, -0.2) is 4.68 Å². The standard InChI is InChI=1S/C14H13N5/c1-15-14-8-7-13(17-18-14)11-9-16-19(10-11)12-5-3-2-4-6-12/h2-10H,1H3,(H,15,18). The van der Waals surface area contributed by atoms with Crippen LogP contribution in [0.2, 0.25) is 0 Å². The van der Waals surface area contributed by atoms with Gasteiger partial charge >= 0.3 is 0 Å². The summed E-state index contributed by atoms with van der Waals surface area (Å²) in [5, 5.41) is 15.5. The van der Waals surface area contributed by atoms with Gasteiger partial charge in [0.2, 0.25) is 0 Å². The molecule has 0 saturated carbocycles. The third-order valence-corrected chi connectivity index (χ3v) is 2.82. The topological polar surface area (TPSA) is 55.6 Å². The molecule has 0 amide bonds. The first-order chi connectivity index (χ1) is 9.36. The van der Waals surface area contributed by atoms with E-state index >= 15 is 0 Å². The van der Waals surface area contributed by atoms with E-state index in [1.807, 2.05) is 60.4 Å². The molecule has 0 fully saturated rings. The molecule has 0 radical (unpaired) electrons. The molecule has 5 nitrogen and oxygen atoms in total. The minimum atomic E-state index is 0.749. The fraction of sp³-hybridized carbons (Fsp3) is 0.0714. The Morgan fingerprint density at radius 1 is 1.00 bits per heavy atom. The van der Waals surface area contributed by atoms with Crippen LogP contribution in [0.15, 0.2) is 54.9 Å². The lowest BCUT2D eigenvalue weighted by Gasteiger charge is -2.00. The summed E-state index contributed by atoms with van der Waals surface area (Å²) < 4.78 is 1.82. The number of hydrogen-bond donors (Lipinski definition) is 1. The lowest BCUT2D eigenvalue weighted by molar-refractivity contribution is 0.880. The van der Waals surface area contributed by atoms with Gasteiger partial charge in [-0.1, -0.05) is 18.2 Å². The summed E-state index contributed by atoms with van der Waals surface area (Å²) in [6.07, 6.45) is 3.73. The molecule has 0 saturated heterocycles. The summed E-state index contributed by atoms with van der Waals surface area (Å²) in [7, 11) is 1.82. The van der Waals surface area contributed by atoms with Crippen molar-refractivity contribution in [3.8, 4) is 16.9 Å². The Bertz CT molecular complexity index is 658. The Kier molecular flexibility index (Phi) is 2.94. The van der Waals surface area contributed by atoms with Crippen LogP contribution in [0.4, 0.5) is 5.82 Å². The van der Waals surface area contributed by atoms with Crippen molar-refractivity contribution in [1.82, 2.24) is 20.0 Å². The van der Waals surface area contributed by atoms with Crippen molar-refractivity contribution in [3.05, 3.63) is 54.9 Å². The number of anilines is 1. The van der Waals surface area contributed by atoms with Crippen molar-refractivity contribution < 1.29 is 0 Å². The van der Waals surface area contributed by atoms with Gasteiger partial charge in [-0.15, -0.1) is 10.2 Å². The first kappa shape index (κ1) is 11.4. The molecule has 0 aliphatic heterocycles. The highest BCUT2D eigenvalue weighted by atomic mass is 15.3. The summed E-state index contributed by atoms with van der Waals surface area (Å²) in [6.45, 7) is 0. The van der Waals surface area contributed by atoms with E-state index in [0.29, 0.717) is 0 Å². The molecule has 0 atom stereocenters. The second-order valence-corrected chi connectivity index (χ2v) is 4.06. The Hall–Kier alpha value is -2.69. The normalized spacial score (nSPS) is 10.4. The van der Waals surface area contributed by atoms with Crippen molar-refractivity contribution in [3.63, 3.8) is 0 Å². The van der Waals surface area contributed by atoms with Crippen molar-refractivity contribution in [2.24, 2.45) is 0 Å². The fourth-order valence-corrected chi connectivity index (χ4v) is 1.80. The maximum Gasteiger partial charge on any atom is 0.148 e. The minimum absolute atomic E-state index is 0.749. The number of aromatic nitrogens is 4. The fourth-order valence-electron chi connectivity index (χ4n) is 1.80. The SMILES string of the molecule is CNc1ccc(-c2cnn(-c3ccccc3)c2)nn1. The summed E-state index contributed by atoms with van der Waals surface area (Å²) in [6, 6.07) is 13.8. The van der Waals surface area contributed by atoms with Crippen LogP contribution in [0.5, 0.6) is 0 Å². The van der Waals surface area contributed by atoms with Crippen LogP contribution in [-0.2, 0) is 0 Å². The molecular weight excluding hydrogens is 238 g/mol. The third-order valence-electron chi connectivity index (χ3n) is 2.82. The van der Waals surface area contributed by atoms with Gasteiger partial charge in [-0.2, -0.15) is 5.10 Å². The smallest absolute Gasteiger partial charge is 0.148 e. The molecule has 0 unspecified atom stereocenters. The predicted octanol–water partition coefficient (Wildman–Crippen LogP) is 2.37. The summed E-state index contributed by atoms with van der Waals surface area (Å²) in [5.74, 6) is 0.749. The van der Waals surface area contributed by atoms with Crippen molar-refractivity contribution in [2.45, 2.75) is 0 Å². The maximum atomic E-state index is 4.34. The molecule has 0 spiro atoms. The van der Waals surface area contributed by atoms with E-state index in [9.17, 15) is 0 Å². The number of nitrogens with zero attached hydrogens (tertiary/aromatic N) is 4. The summed E-state index contributed by atoms with van der Waals surface area (Å²) in [5.41, 5.74) is 2.77. The minimum Gasteiger partial charge on any atom is -0.372 e. The number of rotatable bonds is 3. The van der Waals surface area contributed by atoms with Crippen LogP contribution < -0.4 is 5.32 Å². The quantitative estimate of drug-likeness (QED) is 0.776. The molecule has 0 aliphatic rings. The molecular formula is C14H13N5. The van der Waals surface area contributed by atoms with Crippen LogP contribution in [0.1, 0.15) is 0 Å². The lowest BCUT2D eigenvalue weighted by atomic mass is 10.2. The highest BCUT2D eigenvalue weighted by molar-refractivity contribution is 5.58. The van der Waals surface area contributed by atoms with Crippen LogP contribution in [0, 0.1) is 0 Å². The molecule has 2 aromatic heterocycles. The van der Waals surface area contributed by atoms with E-state index in [0.717, 1.165) is 22.8 Å². The first-order valence-electron chi connectivity index (χ1n) is 5.99. The van der Waals surface area contributed by atoms with Gasteiger partial charge in [0.25, 0.3) is 0 Å². The maximum absolute atomic E-state index is 4.34. The average molecular weight is 251 g/mol. The molecule has 1 aromatic carbocycles. The first-order valence-corrected chi connectivity index (χ1v) is 5.99. The highest BCUT2D eigenvalue weighted by Crippen LogP contribution is 2.18. The number of hydrogen-bond acceptors (Lipinski definition) is 4. The van der Waals surface area contributed by atoms with E-state index in [2.05, 4.69) is 20.6 Å². The van der Waals surface area contributed by atoms with E-state index in [1.165, 1.54) is 0 Å². The third kappa shape index (κ3) is 2.30. The van der Waals surface area contributed by atoms with Gasteiger partial charge in [-0.05, 0) is 24.3 Å². The summed E-state index contributed by atoms with van der Waals surface area (Å²) >= 11 is 0. The zero-order valence-corrected chi connectivity index (χ0v) is 10.5. The van der Waals surface area contributed by atoms with Gasteiger partial charge in [0, 0.05) is 18.8 Å². The molecule has 1 N–H and O–H groups in total. The van der Waals surface area contributed by atoms with Crippen LogP contribution >= 0.6 is 0 Å². The van der Waals surface area contributed by atoms with E-state index < -0.39 is 0 Å². The molecule has 2 heterocycles. The number of benzene rings is 1. The molecule has 0 bridgehead atoms. The van der Waals surface area contributed by atoms with Gasteiger partial charge in [0.1, 0.15) is 5.82 Å². The molecule has 0 aliphatic carbocycles. The monoisotopic (exact) mass is 251 g/mol. The number of para-hydroxylation sites is 1. The van der Waals surface area contributed by atoms with Crippen molar-refractivity contribution >= 4 is 5.82 Å². The van der Waals surface area contributed by atoms with Gasteiger partial charge in [0.05, 0.1) is 17.6 Å². The zero-order chi connectivity index (χ0) is 13.1. The van der Waals surface area contributed by atoms with Crippen LogP contribution in [0.25, 0.3) is 16.9 Å². The molecule has 3 rings (SSSR count). The molecule has 3 aromatic rings. The Morgan fingerprint density at radius 2 is 1.84 bits per heavy atom. The van der Waals surface area contributed by atoms with E-state index in [1.54, 1.807) is 6.20 Å². The van der Waals surface area contributed by atoms with Crippen molar-refractivity contribution in [1.29, 1.82) is 0 Å². The van der Waals surface area contributed by atoms with Crippen LogP contribution in [0.3, 0.4) is 0 Å². The Morgan fingerprint density at radius 3 is 2.53 bits per heavy atom. The molecule has 94 valence electrons. The van der Waals surface area contributed by atoms with Gasteiger partial charge in [-0.3, -0.25) is 0 Å². The highest BCUT2D eigenvalue weighted by Gasteiger charge is 2.05. The van der Waals surface area contributed by atoms with E-state index in [-0.39, 0.29) is 0 Å². The Balaban J connectivity index is 1.92. The van der Waals surface area contributed by atoms with Crippen LogP contribution in [-0.4, -0.2) is 27.0 Å². The predicted molar refractivity (Wildman–Crippen MR) is 74.1 cm³/mol. The van der Waals surface area contributed by atoms with E-state index in [4.69, 9.17) is 0 Å². The average Bonchev–Trinajstić information content (AvgIpc) is 2.98. The summed E-state index contributed by atoms with van der Waals surface area (Å²) in [4.78, 5) is 0. The van der Waals surface area contributed by atoms with Gasteiger partial charge < -0.3 is 5.32 Å². The second kappa shape index (κ2) is 4.89. The zero-order valence-electron chi connectivity index (χ0n) is 10.5. The molecule has 19 heavy (non-hydrogen) atoms. The van der Waals surface area contributed by atoms with Gasteiger partial charge in [0.15, 0.2) is 0 Å². The number of nitrogens with one attached hydrogen (secondary N) is 1. The molecule has 5 heteroatoms. The largest absolute Gasteiger partial charge is 0.372 e. The van der Waals surface area contributed by atoms with Crippen molar-refractivity contribution in [2.75, 3.05) is 12.4 Å².